The Morgan fingerprint density at radius 3 is 2.67 bits per heavy atom. The summed E-state index contributed by atoms with van der Waals surface area (Å²) in [6.45, 7) is 0.164. The fourth-order valence-corrected chi connectivity index (χ4v) is 3.49. The fraction of sp³-hybridized carbons (Fsp3) is 0.158. The van der Waals surface area contributed by atoms with Gasteiger partial charge in [0.15, 0.2) is 23.0 Å². The number of rotatable bonds is 4. The van der Waals surface area contributed by atoms with Crippen molar-refractivity contribution in [3.63, 3.8) is 0 Å². The van der Waals surface area contributed by atoms with Gasteiger partial charge in [0.1, 0.15) is 6.07 Å². The van der Waals surface area contributed by atoms with Gasteiger partial charge in [0.25, 0.3) is 0 Å². The first-order valence-electron chi connectivity index (χ1n) is 7.96. The molecule has 1 aliphatic heterocycles. The first-order valence-corrected chi connectivity index (χ1v) is 9.04. The summed E-state index contributed by atoms with van der Waals surface area (Å²) < 4.78 is 22.8. The van der Waals surface area contributed by atoms with Crippen molar-refractivity contribution in [2.75, 3.05) is 26.3 Å². The Bertz CT molecular complexity index is 1090. The minimum atomic E-state index is 0.164. The molecule has 136 valence electrons. The van der Waals surface area contributed by atoms with Gasteiger partial charge in [-0.1, -0.05) is 0 Å². The second kappa shape index (κ2) is 7.00. The minimum absolute atomic E-state index is 0.164. The summed E-state index contributed by atoms with van der Waals surface area (Å²) in [7, 11) is 3.13. The molecule has 2 aromatic carbocycles. The lowest BCUT2D eigenvalue weighted by Crippen LogP contribution is -2.01. The molecule has 1 aliphatic rings. The zero-order chi connectivity index (χ0) is 19.0. The van der Waals surface area contributed by atoms with Crippen LogP contribution in [0.3, 0.4) is 0 Å². The van der Waals surface area contributed by atoms with E-state index in [1.54, 1.807) is 26.4 Å². The Morgan fingerprint density at radius 1 is 1.15 bits per heavy atom. The highest BCUT2D eigenvalue weighted by molar-refractivity contribution is 14.1. The average molecular weight is 475 g/mol. The molecular weight excluding hydrogens is 461 g/mol. The summed E-state index contributed by atoms with van der Waals surface area (Å²) in [6.07, 6.45) is 1.53. The van der Waals surface area contributed by atoms with Crippen LogP contribution in [0.25, 0.3) is 10.9 Å². The van der Waals surface area contributed by atoms with Gasteiger partial charge in [0.2, 0.25) is 6.79 Å². The lowest BCUT2D eigenvalue weighted by Gasteiger charge is -2.16. The number of anilines is 2. The Kier molecular flexibility index (Phi) is 4.53. The summed E-state index contributed by atoms with van der Waals surface area (Å²) in [6, 6.07) is 9.56. The van der Waals surface area contributed by atoms with Crippen LogP contribution in [0.15, 0.2) is 30.5 Å². The third-order valence-corrected chi connectivity index (χ3v) is 5.13. The molecule has 0 atom stereocenters. The summed E-state index contributed by atoms with van der Waals surface area (Å²) >= 11 is 2.21. The number of nitrogens with one attached hydrogen (secondary N) is 1. The Hall–Kier alpha value is -2.93. The van der Waals surface area contributed by atoms with Crippen molar-refractivity contribution in [3.05, 3.63) is 39.6 Å². The maximum atomic E-state index is 9.60. The molecule has 7 nitrogen and oxygen atoms in total. The number of benzene rings is 2. The molecule has 4 rings (SSSR count). The van der Waals surface area contributed by atoms with Crippen LogP contribution in [0.2, 0.25) is 0 Å². The normalized spacial score (nSPS) is 11.9. The number of aromatic nitrogens is 1. The quantitative estimate of drug-likeness (QED) is 0.567. The van der Waals surface area contributed by atoms with Crippen LogP contribution in [-0.2, 0) is 0 Å². The maximum absolute atomic E-state index is 9.60. The number of hydrogen-bond acceptors (Lipinski definition) is 7. The minimum Gasteiger partial charge on any atom is -0.493 e. The summed E-state index contributed by atoms with van der Waals surface area (Å²) in [5.74, 6) is 2.41. The molecule has 0 spiro atoms. The number of halogens is 1. The van der Waals surface area contributed by atoms with Crippen LogP contribution in [0.5, 0.6) is 23.0 Å². The third kappa shape index (κ3) is 2.94. The smallest absolute Gasteiger partial charge is 0.231 e. The molecule has 1 N–H and O–H groups in total. The number of methoxy groups -OCH3 is 2. The topological polar surface area (TPSA) is 85.6 Å². The average Bonchev–Trinajstić information content (AvgIpc) is 3.18. The highest BCUT2D eigenvalue weighted by Crippen LogP contribution is 2.45. The van der Waals surface area contributed by atoms with Crippen molar-refractivity contribution in [1.82, 2.24) is 4.98 Å². The van der Waals surface area contributed by atoms with Crippen molar-refractivity contribution in [1.29, 1.82) is 5.26 Å². The maximum Gasteiger partial charge on any atom is 0.231 e. The van der Waals surface area contributed by atoms with Gasteiger partial charge >= 0.3 is 0 Å². The molecule has 0 unspecified atom stereocenters. The monoisotopic (exact) mass is 475 g/mol. The zero-order valence-corrected chi connectivity index (χ0v) is 16.7. The summed E-state index contributed by atoms with van der Waals surface area (Å²) in [5.41, 5.74) is 2.44. The molecule has 8 heteroatoms. The van der Waals surface area contributed by atoms with E-state index in [1.807, 2.05) is 12.1 Å². The van der Waals surface area contributed by atoms with Gasteiger partial charge in [-0.25, -0.2) is 0 Å². The van der Waals surface area contributed by atoms with E-state index < -0.39 is 0 Å². The molecule has 27 heavy (non-hydrogen) atoms. The van der Waals surface area contributed by atoms with E-state index in [-0.39, 0.29) is 6.79 Å². The Morgan fingerprint density at radius 2 is 1.93 bits per heavy atom. The third-order valence-electron chi connectivity index (χ3n) is 4.23. The van der Waals surface area contributed by atoms with Crippen LogP contribution in [0.4, 0.5) is 11.4 Å². The number of hydrogen-bond donors (Lipinski definition) is 1. The van der Waals surface area contributed by atoms with Crippen LogP contribution in [0, 0.1) is 14.9 Å². The number of ether oxygens (including phenoxy) is 4. The van der Waals surface area contributed by atoms with Crippen molar-refractivity contribution < 1.29 is 18.9 Å². The number of nitriles is 1. The molecule has 3 aromatic rings. The van der Waals surface area contributed by atoms with Crippen molar-refractivity contribution in [3.8, 4) is 29.1 Å². The van der Waals surface area contributed by atoms with Crippen LogP contribution < -0.4 is 24.3 Å². The second-order valence-electron chi connectivity index (χ2n) is 5.66. The van der Waals surface area contributed by atoms with E-state index in [0.717, 1.165) is 14.6 Å². The molecule has 0 bridgehead atoms. The summed E-state index contributed by atoms with van der Waals surface area (Å²) in [4.78, 5) is 4.38. The van der Waals surface area contributed by atoms with Crippen LogP contribution >= 0.6 is 22.6 Å². The molecular formula is C19H14IN3O4. The zero-order valence-electron chi connectivity index (χ0n) is 14.5. The van der Waals surface area contributed by atoms with E-state index in [4.69, 9.17) is 18.9 Å². The molecule has 0 amide bonds. The van der Waals surface area contributed by atoms with Gasteiger partial charge < -0.3 is 24.3 Å². The van der Waals surface area contributed by atoms with Crippen molar-refractivity contribution in [2.24, 2.45) is 0 Å². The van der Waals surface area contributed by atoms with E-state index >= 15 is 0 Å². The molecule has 0 aliphatic carbocycles. The molecule has 0 fully saturated rings. The Balaban J connectivity index is 1.94. The van der Waals surface area contributed by atoms with E-state index in [9.17, 15) is 5.26 Å². The molecule has 0 saturated carbocycles. The van der Waals surface area contributed by atoms with Crippen molar-refractivity contribution in [2.45, 2.75) is 0 Å². The SMILES string of the molecule is COc1cc2ncc(C#N)c(Nc3c(I)ccc4c3OCO4)c2cc1OC. The molecule has 1 aromatic heterocycles. The molecule has 0 saturated heterocycles. The van der Waals surface area contributed by atoms with Crippen LogP contribution in [-0.4, -0.2) is 26.0 Å². The summed E-state index contributed by atoms with van der Waals surface area (Å²) in [5, 5.41) is 13.7. The standard InChI is InChI=1S/C19H14IN3O4/c1-24-15-5-11-13(6-16(15)25-2)22-8-10(7-21)17(11)23-18-12(20)3-4-14-19(18)27-9-26-14/h3-6,8H,9H2,1-2H3,(H,22,23). The van der Waals surface area contributed by atoms with Crippen molar-refractivity contribution >= 4 is 44.9 Å². The van der Waals surface area contributed by atoms with Gasteiger partial charge in [-0.3, -0.25) is 4.98 Å². The largest absolute Gasteiger partial charge is 0.493 e. The van der Waals surface area contributed by atoms with E-state index in [1.165, 1.54) is 6.20 Å². The lowest BCUT2D eigenvalue weighted by atomic mass is 10.1. The first kappa shape index (κ1) is 17.5. The fourth-order valence-electron chi connectivity index (χ4n) is 2.93. The van der Waals surface area contributed by atoms with Gasteiger partial charge in [-0.05, 0) is 40.8 Å². The van der Waals surface area contributed by atoms with Gasteiger partial charge in [-0.15, -0.1) is 0 Å². The number of nitrogens with zero attached hydrogens (tertiary/aromatic N) is 2. The molecule has 0 radical (unpaired) electrons. The van der Waals surface area contributed by atoms with Gasteiger partial charge in [0, 0.05) is 21.2 Å². The second-order valence-corrected chi connectivity index (χ2v) is 6.83. The highest BCUT2D eigenvalue weighted by Gasteiger charge is 2.22. The van der Waals surface area contributed by atoms with Gasteiger partial charge in [-0.2, -0.15) is 5.26 Å². The van der Waals surface area contributed by atoms with Crippen LogP contribution in [0.1, 0.15) is 5.56 Å². The molecule has 2 heterocycles. The number of fused-ring (bicyclic) bond motifs is 2. The first-order chi connectivity index (χ1) is 13.2. The Labute approximate surface area is 169 Å². The van der Waals surface area contributed by atoms with E-state index in [2.05, 4.69) is 39.0 Å². The predicted molar refractivity (Wildman–Crippen MR) is 108 cm³/mol. The predicted octanol–water partition coefficient (Wildman–Crippen LogP) is 4.20. The van der Waals surface area contributed by atoms with E-state index in [0.29, 0.717) is 39.8 Å². The lowest BCUT2D eigenvalue weighted by molar-refractivity contribution is 0.174. The number of pyridine rings is 1. The van der Waals surface area contributed by atoms with Gasteiger partial charge in [0.05, 0.1) is 36.7 Å². The highest BCUT2D eigenvalue weighted by atomic mass is 127.